The van der Waals surface area contributed by atoms with E-state index in [4.69, 9.17) is 5.11 Å². The predicted molar refractivity (Wildman–Crippen MR) is 47.2 cm³/mol. The Kier molecular flexibility index (Phi) is 3.28. The molecule has 0 spiro atoms. The van der Waals surface area contributed by atoms with Gasteiger partial charge in [-0.05, 0) is 6.07 Å². The molecule has 12 heavy (non-hydrogen) atoms. The number of aliphatic hydroxyl groups excluding tert-OH is 1. The maximum Gasteiger partial charge on any atom is 0.224 e. The summed E-state index contributed by atoms with van der Waals surface area (Å²) in [6.07, 6.45) is 1.65. The number of aliphatic hydroxyl groups is 1. The number of aromatic nitrogens is 2. The highest BCUT2D eigenvalue weighted by Gasteiger charge is 1.94. The summed E-state index contributed by atoms with van der Waals surface area (Å²) in [6, 6.07) is 1.77. The molecular weight excluding hydrogens is 156 g/mol. The van der Waals surface area contributed by atoms with Crippen LogP contribution in [0.5, 0.6) is 0 Å². The Hall–Kier alpha value is -1.36. The maximum atomic E-state index is 8.52. The van der Waals surface area contributed by atoms with Gasteiger partial charge in [-0.2, -0.15) is 4.98 Å². The van der Waals surface area contributed by atoms with Gasteiger partial charge in [0.15, 0.2) is 0 Å². The number of nitrogens with zero attached hydrogens (tertiary/aromatic N) is 2. The van der Waals surface area contributed by atoms with E-state index >= 15 is 0 Å². The maximum absolute atomic E-state index is 8.52. The predicted octanol–water partition coefficient (Wildman–Crippen LogP) is -0.0775. The Morgan fingerprint density at radius 1 is 1.58 bits per heavy atom. The lowest BCUT2D eigenvalue weighted by molar-refractivity contribution is 0.311. The van der Waals surface area contributed by atoms with Crippen LogP contribution in [0.3, 0.4) is 0 Å². The Labute approximate surface area is 70.9 Å². The van der Waals surface area contributed by atoms with E-state index in [9.17, 15) is 0 Å². The molecule has 0 aliphatic rings. The van der Waals surface area contributed by atoms with Crippen molar-refractivity contribution in [3.8, 4) is 0 Å². The Morgan fingerprint density at radius 2 is 2.42 bits per heavy atom. The number of hydrogen-bond acceptors (Lipinski definition) is 5. The molecule has 0 saturated carbocycles. The molecule has 1 rings (SSSR count). The zero-order chi connectivity index (χ0) is 8.81. The van der Waals surface area contributed by atoms with Crippen LogP contribution in [-0.4, -0.2) is 35.3 Å². The summed E-state index contributed by atoms with van der Waals surface area (Å²) in [6.45, 7) is 0.542. The zero-order valence-electron chi connectivity index (χ0n) is 6.91. The van der Waals surface area contributed by atoms with Crippen LogP contribution in [0, 0.1) is 0 Å². The second-order valence-corrected chi connectivity index (χ2v) is 2.17. The van der Waals surface area contributed by atoms with Crippen molar-refractivity contribution in [1.82, 2.24) is 9.97 Å². The highest BCUT2D eigenvalue weighted by Crippen LogP contribution is 2.03. The van der Waals surface area contributed by atoms with Crippen molar-refractivity contribution in [2.75, 3.05) is 30.8 Å². The van der Waals surface area contributed by atoms with Crippen molar-refractivity contribution in [1.29, 1.82) is 0 Å². The van der Waals surface area contributed by atoms with Gasteiger partial charge in [0.2, 0.25) is 5.95 Å². The summed E-state index contributed by atoms with van der Waals surface area (Å²) >= 11 is 0. The summed E-state index contributed by atoms with van der Waals surface area (Å²) in [5, 5.41) is 14.3. The topological polar surface area (TPSA) is 70.1 Å². The molecule has 1 aromatic heterocycles. The summed E-state index contributed by atoms with van der Waals surface area (Å²) < 4.78 is 0. The smallest absolute Gasteiger partial charge is 0.224 e. The van der Waals surface area contributed by atoms with Crippen LogP contribution in [0.1, 0.15) is 0 Å². The fraction of sp³-hybridized carbons (Fsp3) is 0.429. The minimum absolute atomic E-state index is 0.0765. The van der Waals surface area contributed by atoms with Crippen molar-refractivity contribution < 1.29 is 5.11 Å². The van der Waals surface area contributed by atoms with E-state index in [0.717, 1.165) is 5.82 Å². The average molecular weight is 168 g/mol. The Bertz CT molecular complexity index is 241. The van der Waals surface area contributed by atoms with Crippen LogP contribution >= 0.6 is 0 Å². The standard InChI is InChI=1S/C7H12N4O/c1-8-6-2-3-9-7(11-6)10-4-5-12/h2-3,12H,4-5H2,1H3,(H2,8,9,10,11). The van der Waals surface area contributed by atoms with Gasteiger partial charge in [0.1, 0.15) is 5.82 Å². The number of hydrogen-bond donors (Lipinski definition) is 3. The van der Waals surface area contributed by atoms with Gasteiger partial charge in [0.25, 0.3) is 0 Å². The fourth-order valence-corrected chi connectivity index (χ4v) is 0.751. The van der Waals surface area contributed by atoms with Gasteiger partial charge in [-0.1, -0.05) is 0 Å². The molecule has 0 aliphatic heterocycles. The van der Waals surface area contributed by atoms with Gasteiger partial charge in [-0.3, -0.25) is 0 Å². The lowest BCUT2D eigenvalue weighted by Gasteiger charge is -2.03. The van der Waals surface area contributed by atoms with Crippen molar-refractivity contribution in [3.05, 3.63) is 12.3 Å². The van der Waals surface area contributed by atoms with Crippen LogP contribution in [-0.2, 0) is 0 Å². The van der Waals surface area contributed by atoms with Gasteiger partial charge in [-0.25, -0.2) is 4.98 Å². The first-order chi connectivity index (χ1) is 5.86. The van der Waals surface area contributed by atoms with Crippen LogP contribution in [0.2, 0.25) is 0 Å². The van der Waals surface area contributed by atoms with E-state index in [1.54, 1.807) is 19.3 Å². The monoisotopic (exact) mass is 168 g/mol. The van der Waals surface area contributed by atoms with E-state index in [0.29, 0.717) is 12.5 Å². The third kappa shape index (κ3) is 2.35. The van der Waals surface area contributed by atoms with Crippen LogP contribution in [0.4, 0.5) is 11.8 Å². The average Bonchev–Trinajstić information content (AvgIpc) is 2.15. The molecule has 0 fully saturated rings. The van der Waals surface area contributed by atoms with E-state index in [1.165, 1.54) is 0 Å². The quantitative estimate of drug-likeness (QED) is 0.586. The molecule has 0 saturated heterocycles. The van der Waals surface area contributed by atoms with Gasteiger partial charge >= 0.3 is 0 Å². The Morgan fingerprint density at radius 3 is 3.08 bits per heavy atom. The lowest BCUT2D eigenvalue weighted by Crippen LogP contribution is -2.09. The van der Waals surface area contributed by atoms with Crippen molar-refractivity contribution in [2.45, 2.75) is 0 Å². The second kappa shape index (κ2) is 4.50. The van der Waals surface area contributed by atoms with E-state index in [1.807, 2.05) is 0 Å². The number of anilines is 2. The molecule has 0 atom stereocenters. The lowest BCUT2D eigenvalue weighted by atomic mass is 10.6. The molecule has 0 radical (unpaired) electrons. The molecule has 0 bridgehead atoms. The number of nitrogens with one attached hydrogen (secondary N) is 2. The highest BCUT2D eigenvalue weighted by atomic mass is 16.3. The highest BCUT2D eigenvalue weighted by molar-refractivity contribution is 5.38. The minimum Gasteiger partial charge on any atom is -0.395 e. The van der Waals surface area contributed by atoms with Gasteiger partial charge in [-0.15, -0.1) is 0 Å². The SMILES string of the molecule is CNc1ccnc(NCCO)n1. The first-order valence-electron chi connectivity index (χ1n) is 3.72. The molecule has 66 valence electrons. The van der Waals surface area contributed by atoms with Gasteiger partial charge < -0.3 is 15.7 Å². The summed E-state index contributed by atoms with van der Waals surface area (Å²) in [5.41, 5.74) is 0. The Balaban J connectivity index is 2.60. The molecule has 1 heterocycles. The summed E-state index contributed by atoms with van der Waals surface area (Å²) in [5.74, 6) is 1.28. The van der Waals surface area contributed by atoms with Gasteiger partial charge in [0.05, 0.1) is 6.61 Å². The van der Waals surface area contributed by atoms with E-state index < -0.39 is 0 Å². The first-order valence-corrected chi connectivity index (χ1v) is 3.72. The third-order valence-corrected chi connectivity index (χ3v) is 1.31. The fourth-order valence-electron chi connectivity index (χ4n) is 0.751. The normalized spacial score (nSPS) is 9.50. The molecule has 0 aliphatic carbocycles. The van der Waals surface area contributed by atoms with Crippen LogP contribution < -0.4 is 10.6 Å². The summed E-state index contributed by atoms with van der Waals surface area (Å²) in [4.78, 5) is 8.04. The molecule has 3 N–H and O–H groups in total. The van der Waals surface area contributed by atoms with Gasteiger partial charge in [0, 0.05) is 19.8 Å². The summed E-state index contributed by atoms with van der Waals surface area (Å²) in [7, 11) is 1.79. The van der Waals surface area contributed by atoms with E-state index in [2.05, 4.69) is 20.6 Å². The van der Waals surface area contributed by atoms with E-state index in [-0.39, 0.29) is 6.61 Å². The van der Waals surface area contributed by atoms with Crippen molar-refractivity contribution >= 4 is 11.8 Å². The molecule has 0 aromatic carbocycles. The molecule has 0 unspecified atom stereocenters. The first kappa shape index (κ1) is 8.73. The molecule has 0 amide bonds. The molecule has 5 heteroatoms. The van der Waals surface area contributed by atoms with Crippen LogP contribution in [0.25, 0.3) is 0 Å². The van der Waals surface area contributed by atoms with Crippen LogP contribution in [0.15, 0.2) is 12.3 Å². The largest absolute Gasteiger partial charge is 0.395 e. The number of rotatable bonds is 4. The molecular formula is C7H12N4O. The third-order valence-electron chi connectivity index (χ3n) is 1.31. The minimum atomic E-state index is 0.0765. The molecule has 1 aromatic rings. The van der Waals surface area contributed by atoms with Crippen molar-refractivity contribution in [2.24, 2.45) is 0 Å². The second-order valence-electron chi connectivity index (χ2n) is 2.17. The zero-order valence-corrected chi connectivity index (χ0v) is 6.91. The molecule has 5 nitrogen and oxygen atoms in total. The van der Waals surface area contributed by atoms with Crippen molar-refractivity contribution in [3.63, 3.8) is 0 Å².